The molecule has 0 spiro atoms. The van der Waals surface area contributed by atoms with Crippen molar-refractivity contribution in [3.8, 4) is 11.5 Å². The number of carboxylic acid groups (broad SMARTS) is 1. The van der Waals surface area contributed by atoms with Crippen molar-refractivity contribution in [3.63, 3.8) is 0 Å². The van der Waals surface area contributed by atoms with Crippen LogP contribution in [0.25, 0.3) is 5.65 Å². The SMILES string of the molecule is COc1cc(CNC(=O)c2cn3c(C(=O)NCc4ccc(C(=O)O)cc4)c(OC)ccc3n2)ccc1F. The van der Waals surface area contributed by atoms with Crippen LogP contribution in [-0.2, 0) is 13.1 Å². The van der Waals surface area contributed by atoms with Gasteiger partial charge in [-0.15, -0.1) is 0 Å². The number of hydrogen-bond acceptors (Lipinski definition) is 6. The largest absolute Gasteiger partial charge is 0.494 e. The molecule has 0 saturated carbocycles. The number of imidazole rings is 1. The number of carbonyl (C=O) groups excluding carboxylic acids is 2. The quantitative estimate of drug-likeness (QED) is 0.318. The molecule has 0 fully saturated rings. The van der Waals surface area contributed by atoms with Gasteiger partial charge in [0, 0.05) is 19.3 Å². The number of hydrogen-bond donors (Lipinski definition) is 3. The summed E-state index contributed by atoms with van der Waals surface area (Å²) in [6.45, 7) is 0.252. The van der Waals surface area contributed by atoms with E-state index in [1.165, 1.54) is 55.1 Å². The number of aromatic carboxylic acids is 1. The summed E-state index contributed by atoms with van der Waals surface area (Å²) >= 11 is 0. The van der Waals surface area contributed by atoms with Crippen molar-refractivity contribution < 1.29 is 33.4 Å². The second-order valence-corrected chi connectivity index (χ2v) is 7.94. The standard InChI is InChI=1S/C26H23FN4O6/c1-36-20-9-10-22-30-19(24(32)28-13-16-5-8-18(27)21(11-16)37-2)14-31(22)23(20)25(33)29-12-15-3-6-17(7-4-15)26(34)35/h3-11,14H,12-13H2,1-2H3,(H,28,32)(H,29,33)(H,34,35). The van der Waals surface area contributed by atoms with Crippen LogP contribution in [0.15, 0.2) is 60.8 Å². The molecule has 3 N–H and O–H groups in total. The third-order valence-electron chi connectivity index (χ3n) is 5.58. The Kier molecular flexibility index (Phi) is 7.33. The first-order valence-electron chi connectivity index (χ1n) is 11.1. The minimum atomic E-state index is -1.04. The Morgan fingerprint density at radius 1 is 0.892 bits per heavy atom. The molecule has 0 bridgehead atoms. The molecule has 2 aromatic heterocycles. The minimum absolute atomic E-state index is 0.0695. The van der Waals surface area contributed by atoms with Crippen LogP contribution >= 0.6 is 0 Å². The second kappa shape index (κ2) is 10.8. The molecule has 0 radical (unpaired) electrons. The molecule has 2 aromatic carbocycles. The van der Waals surface area contributed by atoms with E-state index >= 15 is 0 Å². The summed E-state index contributed by atoms with van der Waals surface area (Å²) in [6, 6.07) is 13.6. The second-order valence-electron chi connectivity index (χ2n) is 7.94. The number of rotatable bonds is 9. The Labute approximate surface area is 210 Å². The normalized spacial score (nSPS) is 10.7. The first kappa shape index (κ1) is 25.2. The van der Waals surface area contributed by atoms with Gasteiger partial charge in [-0.3, -0.25) is 14.0 Å². The third-order valence-corrected chi connectivity index (χ3v) is 5.58. The van der Waals surface area contributed by atoms with Gasteiger partial charge in [0.1, 0.15) is 17.1 Å². The Morgan fingerprint density at radius 2 is 1.54 bits per heavy atom. The maximum absolute atomic E-state index is 13.6. The van der Waals surface area contributed by atoms with E-state index in [1.807, 2.05) is 0 Å². The zero-order valence-electron chi connectivity index (χ0n) is 19.9. The molecular weight excluding hydrogens is 483 g/mol. The fraction of sp³-hybridized carbons (Fsp3) is 0.154. The van der Waals surface area contributed by atoms with E-state index < -0.39 is 23.6 Å². The number of carbonyl (C=O) groups is 3. The summed E-state index contributed by atoms with van der Waals surface area (Å²) in [7, 11) is 2.78. The Hall–Kier alpha value is -4.93. The molecular formula is C26H23FN4O6. The van der Waals surface area contributed by atoms with E-state index in [1.54, 1.807) is 24.3 Å². The fourth-order valence-corrected chi connectivity index (χ4v) is 3.65. The minimum Gasteiger partial charge on any atom is -0.494 e. The van der Waals surface area contributed by atoms with Crippen LogP contribution in [0.4, 0.5) is 4.39 Å². The monoisotopic (exact) mass is 506 g/mol. The van der Waals surface area contributed by atoms with Crippen molar-refractivity contribution in [3.05, 3.63) is 94.7 Å². The number of methoxy groups -OCH3 is 2. The van der Waals surface area contributed by atoms with Crippen LogP contribution in [0.2, 0.25) is 0 Å². The predicted molar refractivity (Wildman–Crippen MR) is 130 cm³/mol. The fourth-order valence-electron chi connectivity index (χ4n) is 3.65. The van der Waals surface area contributed by atoms with Gasteiger partial charge in [0.15, 0.2) is 17.3 Å². The number of aromatic nitrogens is 2. The number of benzene rings is 2. The van der Waals surface area contributed by atoms with Crippen LogP contribution in [-0.4, -0.2) is 46.5 Å². The van der Waals surface area contributed by atoms with Crippen LogP contribution in [0.3, 0.4) is 0 Å². The molecule has 0 aliphatic heterocycles. The molecule has 4 aromatic rings. The van der Waals surface area contributed by atoms with E-state index in [4.69, 9.17) is 14.6 Å². The van der Waals surface area contributed by atoms with Gasteiger partial charge in [-0.25, -0.2) is 14.2 Å². The number of amides is 2. The van der Waals surface area contributed by atoms with Crippen molar-refractivity contribution in [1.82, 2.24) is 20.0 Å². The summed E-state index contributed by atoms with van der Waals surface area (Å²) in [5.74, 6) is -2.17. The predicted octanol–water partition coefficient (Wildman–Crippen LogP) is 3.05. The summed E-state index contributed by atoms with van der Waals surface area (Å²) in [5, 5.41) is 14.5. The number of pyridine rings is 1. The molecule has 11 heteroatoms. The highest BCUT2D eigenvalue weighted by Gasteiger charge is 2.20. The number of carboxylic acids is 1. The average molecular weight is 506 g/mol. The zero-order valence-corrected chi connectivity index (χ0v) is 19.9. The highest BCUT2D eigenvalue weighted by Crippen LogP contribution is 2.22. The van der Waals surface area contributed by atoms with Crippen molar-refractivity contribution in [2.24, 2.45) is 0 Å². The highest BCUT2D eigenvalue weighted by molar-refractivity contribution is 5.97. The number of nitrogens with zero attached hydrogens (tertiary/aromatic N) is 2. The topological polar surface area (TPSA) is 131 Å². The van der Waals surface area contributed by atoms with Gasteiger partial charge in [-0.2, -0.15) is 0 Å². The molecule has 2 amide bonds. The van der Waals surface area contributed by atoms with E-state index in [0.29, 0.717) is 16.8 Å². The first-order chi connectivity index (χ1) is 17.8. The number of halogens is 1. The maximum Gasteiger partial charge on any atom is 0.335 e. The molecule has 0 atom stereocenters. The van der Waals surface area contributed by atoms with Crippen molar-refractivity contribution in [2.45, 2.75) is 13.1 Å². The van der Waals surface area contributed by atoms with Crippen LogP contribution in [0, 0.1) is 5.82 Å². The molecule has 0 aliphatic rings. The summed E-state index contributed by atoms with van der Waals surface area (Å²) in [4.78, 5) is 41.2. The van der Waals surface area contributed by atoms with E-state index in [2.05, 4.69) is 15.6 Å². The molecule has 10 nitrogen and oxygen atoms in total. The molecule has 190 valence electrons. The van der Waals surface area contributed by atoms with Crippen molar-refractivity contribution in [1.29, 1.82) is 0 Å². The molecule has 0 aliphatic carbocycles. The van der Waals surface area contributed by atoms with Gasteiger partial charge in [0.25, 0.3) is 11.8 Å². The van der Waals surface area contributed by atoms with E-state index in [-0.39, 0.29) is 41.5 Å². The lowest BCUT2D eigenvalue weighted by Gasteiger charge is -2.11. The lowest BCUT2D eigenvalue weighted by atomic mass is 10.1. The van der Waals surface area contributed by atoms with Gasteiger partial charge in [-0.05, 0) is 47.5 Å². The highest BCUT2D eigenvalue weighted by atomic mass is 19.1. The van der Waals surface area contributed by atoms with Crippen LogP contribution in [0.1, 0.15) is 42.5 Å². The number of ether oxygens (including phenoxy) is 2. The number of nitrogens with one attached hydrogen (secondary N) is 2. The van der Waals surface area contributed by atoms with Gasteiger partial charge in [0.2, 0.25) is 0 Å². The Morgan fingerprint density at radius 3 is 2.22 bits per heavy atom. The smallest absolute Gasteiger partial charge is 0.335 e. The maximum atomic E-state index is 13.6. The molecule has 2 heterocycles. The molecule has 0 saturated heterocycles. The Bertz CT molecular complexity index is 1480. The van der Waals surface area contributed by atoms with Crippen LogP contribution < -0.4 is 20.1 Å². The van der Waals surface area contributed by atoms with Crippen LogP contribution in [0.5, 0.6) is 11.5 Å². The lowest BCUT2D eigenvalue weighted by molar-refractivity contribution is 0.0696. The number of fused-ring (bicyclic) bond motifs is 1. The van der Waals surface area contributed by atoms with Gasteiger partial charge in [-0.1, -0.05) is 18.2 Å². The lowest BCUT2D eigenvalue weighted by Crippen LogP contribution is -2.25. The summed E-state index contributed by atoms with van der Waals surface area (Å²) < 4.78 is 25.4. The van der Waals surface area contributed by atoms with E-state index in [0.717, 1.165) is 0 Å². The van der Waals surface area contributed by atoms with Gasteiger partial charge in [0.05, 0.1) is 19.8 Å². The third kappa shape index (κ3) is 5.50. The zero-order chi connectivity index (χ0) is 26.5. The van der Waals surface area contributed by atoms with Gasteiger partial charge >= 0.3 is 5.97 Å². The first-order valence-corrected chi connectivity index (χ1v) is 11.1. The molecule has 4 rings (SSSR count). The van der Waals surface area contributed by atoms with Gasteiger partial charge < -0.3 is 25.2 Å². The molecule has 37 heavy (non-hydrogen) atoms. The van der Waals surface area contributed by atoms with Crippen molar-refractivity contribution in [2.75, 3.05) is 14.2 Å². The Balaban J connectivity index is 1.52. The average Bonchev–Trinajstić information content (AvgIpc) is 3.35. The summed E-state index contributed by atoms with van der Waals surface area (Å²) in [5.41, 5.74) is 2.04. The van der Waals surface area contributed by atoms with E-state index in [9.17, 15) is 18.8 Å². The summed E-state index contributed by atoms with van der Waals surface area (Å²) in [6.07, 6.45) is 1.43. The van der Waals surface area contributed by atoms with Crippen molar-refractivity contribution >= 4 is 23.4 Å². The molecule has 0 unspecified atom stereocenters.